The summed E-state index contributed by atoms with van der Waals surface area (Å²) in [5.74, 6) is -0.736. The number of furan rings is 1. The summed E-state index contributed by atoms with van der Waals surface area (Å²) in [6.45, 7) is 1.54. The fourth-order valence-corrected chi connectivity index (χ4v) is 4.52. The number of hydrogen-bond donors (Lipinski definition) is 1. The van der Waals surface area contributed by atoms with Crippen molar-refractivity contribution in [1.29, 1.82) is 0 Å². The van der Waals surface area contributed by atoms with E-state index in [0.717, 1.165) is 38.1 Å². The first-order chi connectivity index (χ1) is 15.7. The highest BCUT2D eigenvalue weighted by Crippen LogP contribution is 2.49. The van der Waals surface area contributed by atoms with Gasteiger partial charge in [0.15, 0.2) is 11.6 Å². The summed E-state index contributed by atoms with van der Waals surface area (Å²) in [5.41, 5.74) is -0.569. The van der Waals surface area contributed by atoms with Crippen LogP contribution in [0.25, 0.3) is 11.5 Å². The van der Waals surface area contributed by atoms with Crippen molar-refractivity contribution in [2.45, 2.75) is 25.4 Å². The number of alkyl halides is 3. The number of rotatable bonds is 5. The second-order valence-electron chi connectivity index (χ2n) is 8.67. The average Bonchev–Trinajstić information content (AvgIpc) is 3.24. The van der Waals surface area contributed by atoms with Crippen LogP contribution in [0.2, 0.25) is 0 Å². The van der Waals surface area contributed by atoms with Crippen molar-refractivity contribution >= 4 is 23.4 Å². The van der Waals surface area contributed by atoms with E-state index in [4.69, 9.17) is 4.42 Å². The lowest BCUT2D eigenvalue weighted by Crippen LogP contribution is -2.60. The van der Waals surface area contributed by atoms with E-state index in [1.807, 2.05) is 4.90 Å². The number of anilines is 3. The van der Waals surface area contributed by atoms with E-state index in [1.54, 1.807) is 12.1 Å². The summed E-state index contributed by atoms with van der Waals surface area (Å²) >= 11 is 0. The molecule has 10 heteroatoms. The lowest BCUT2D eigenvalue weighted by molar-refractivity contribution is -0.137. The lowest BCUT2D eigenvalue weighted by atomic mass is 9.64. The normalized spacial score (nSPS) is 16.9. The fourth-order valence-electron chi connectivity index (χ4n) is 4.52. The van der Waals surface area contributed by atoms with Gasteiger partial charge in [-0.05, 0) is 43.2 Å². The van der Waals surface area contributed by atoms with Crippen molar-refractivity contribution in [3.05, 3.63) is 53.8 Å². The second kappa shape index (κ2) is 7.50. The monoisotopic (exact) mass is 458 g/mol. The summed E-state index contributed by atoms with van der Waals surface area (Å²) in [6, 6.07) is 7.89. The van der Waals surface area contributed by atoms with Crippen LogP contribution in [0.1, 0.15) is 35.2 Å². The van der Waals surface area contributed by atoms with Gasteiger partial charge in [-0.1, -0.05) is 12.5 Å². The van der Waals surface area contributed by atoms with Crippen LogP contribution in [-0.4, -0.2) is 41.2 Å². The van der Waals surface area contributed by atoms with E-state index in [0.29, 0.717) is 5.95 Å². The Labute approximate surface area is 187 Å². The number of carboxylic acid groups (broad SMARTS) is 1. The van der Waals surface area contributed by atoms with Crippen LogP contribution in [0.3, 0.4) is 0 Å². The zero-order valence-corrected chi connectivity index (χ0v) is 17.8. The third-order valence-corrected chi connectivity index (χ3v) is 6.47. The summed E-state index contributed by atoms with van der Waals surface area (Å²) < 4.78 is 45.2. The molecule has 1 aliphatic carbocycles. The Morgan fingerprint density at radius 3 is 2.52 bits per heavy atom. The number of aromatic nitrogens is 2. The molecule has 1 aromatic carbocycles. The summed E-state index contributed by atoms with van der Waals surface area (Å²) in [6.07, 6.45) is 0.342. The molecule has 0 amide bonds. The first-order valence-electron chi connectivity index (χ1n) is 10.5. The molecular weight excluding hydrogens is 437 g/mol. The highest BCUT2D eigenvalue weighted by atomic mass is 19.4. The van der Waals surface area contributed by atoms with Crippen molar-refractivity contribution in [3.8, 4) is 11.5 Å². The van der Waals surface area contributed by atoms with Crippen LogP contribution < -0.4 is 9.80 Å². The zero-order chi connectivity index (χ0) is 23.4. The van der Waals surface area contributed by atoms with Gasteiger partial charge in [0.2, 0.25) is 5.95 Å². The minimum atomic E-state index is -4.53. The van der Waals surface area contributed by atoms with Crippen LogP contribution in [0.15, 0.2) is 47.1 Å². The molecule has 1 saturated heterocycles. The van der Waals surface area contributed by atoms with Gasteiger partial charge >= 0.3 is 12.1 Å². The zero-order valence-electron chi connectivity index (χ0n) is 17.8. The molecule has 3 aromatic rings. The molecule has 7 nitrogen and oxygen atoms in total. The first-order valence-corrected chi connectivity index (χ1v) is 10.5. The van der Waals surface area contributed by atoms with E-state index >= 15 is 0 Å². The van der Waals surface area contributed by atoms with Crippen LogP contribution in [0, 0.1) is 5.41 Å². The first kappa shape index (κ1) is 21.3. The molecule has 5 rings (SSSR count). The van der Waals surface area contributed by atoms with Gasteiger partial charge in [-0.25, -0.2) is 9.78 Å². The number of halogens is 3. The van der Waals surface area contributed by atoms with Crippen molar-refractivity contribution < 1.29 is 27.5 Å². The number of carbonyl (C=O) groups is 1. The van der Waals surface area contributed by atoms with Crippen LogP contribution in [0.4, 0.5) is 30.6 Å². The lowest BCUT2D eigenvalue weighted by Gasteiger charge is -2.56. The molecule has 2 aliphatic rings. The maximum absolute atomic E-state index is 13.3. The SMILES string of the molecule is CN(c1cccc(C(F)(F)F)c1)c1nc(N2CC3(CCC3)C2)nc(-c2ccco2)c1C(=O)O. The number of aromatic carboxylic acids is 1. The van der Waals surface area contributed by atoms with Crippen LogP contribution in [-0.2, 0) is 6.18 Å². The Bertz CT molecular complexity index is 1200. The van der Waals surface area contributed by atoms with Crippen molar-refractivity contribution in [1.82, 2.24) is 9.97 Å². The maximum atomic E-state index is 13.3. The molecule has 0 atom stereocenters. The van der Waals surface area contributed by atoms with Gasteiger partial charge in [0.05, 0.1) is 11.8 Å². The van der Waals surface area contributed by atoms with Gasteiger partial charge < -0.3 is 19.3 Å². The summed E-state index contributed by atoms with van der Waals surface area (Å²) in [4.78, 5) is 24.6. The van der Waals surface area contributed by atoms with Gasteiger partial charge in [-0.15, -0.1) is 0 Å². The van der Waals surface area contributed by atoms with Gasteiger partial charge in [-0.2, -0.15) is 18.2 Å². The van der Waals surface area contributed by atoms with E-state index in [1.165, 1.54) is 36.8 Å². The molecule has 2 aromatic heterocycles. The van der Waals surface area contributed by atoms with Crippen LogP contribution >= 0.6 is 0 Å². The molecule has 1 spiro atoms. The Kier molecular flexibility index (Phi) is 4.84. The standard InChI is InChI=1S/C23H21F3N4O3/c1-29(15-6-2-5-14(11-15)23(24,25)26)19-17(20(31)32)18(16-7-3-10-33-16)27-21(28-19)30-12-22(13-30)8-4-9-22/h2-3,5-7,10-11H,4,8-9,12-13H2,1H3,(H,31,32). The molecule has 172 valence electrons. The molecule has 1 aliphatic heterocycles. The maximum Gasteiger partial charge on any atom is 0.416 e. The molecule has 1 N–H and O–H groups in total. The molecular formula is C23H21F3N4O3. The van der Waals surface area contributed by atoms with Gasteiger partial charge in [0.25, 0.3) is 0 Å². The highest BCUT2D eigenvalue weighted by Gasteiger charge is 2.48. The molecule has 0 bridgehead atoms. The van der Waals surface area contributed by atoms with Gasteiger partial charge in [-0.3, -0.25) is 0 Å². The van der Waals surface area contributed by atoms with E-state index < -0.39 is 17.7 Å². The van der Waals surface area contributed by atoms with Gasteiger partial charge in [0, 0.05) is 31.2 Å². The molecule has 2 fully saturated rings. The van der Waals surface area contributed by atoms with E-state index in [9.17, 15) is 23.1 Å². The second-order valence-corrected chi connectivity index (χ2v) is 8.67. The van der Waals surface area contributed by atoms with E-state index in [2.05, 4.69) is 9.97 Å². The Hall–Kier alpha value is -3.56. The number of carboxylic acids is 1. The Morgan fingerprint density at radius 1 is 1.18 bits per heavy atom. The van der Waals surface area contributed by atoms with E-state index in [-0.39, 0.29) is 33.9 Å². The molecule has 0 unspecified atom stereocenters. The fraction of sp³-hybridized carbons (Fsp3) is 0.348. The van der Waals surface area contributed by atoms with Gasteiger partial charge in [0.1, 0.15) is 11.3 Å². The predicted octanol–water partition coefficient (Wildman–Crippen LogP) is 5.21. The van der Waals surface area contributed by atoms with Crippen LogP contribution in [0.5, 0.6) is 0 Å². The van der Waals surface area contributed by atoms with Crippen molar-refractivity contribution in [2.24, 2.45) is 5.41 Å². The predicted molar refractivity (Wildman–Crippen MR) is 115 cm³/mol. The van der Waals surface area contributed by atoms with Crippen molar-refractivity contribution in [2.75, 3.05) is 29.9 Å². The Balaban J connectivity index is 1.63. The molecule has 0 radical (unpaired) electrons. The van der Waals surface area contributed by atoms with Crippen molar-refractivity contribution in [3.63, 3.8) is 0 Å². The quantitative estimate of drug-likeness (QED) is 0.562. The summed E-state index contributed by atoms with van der Waals surface area (Å²) in [5, 5.41) is 10.0. The number of nitrogens with zero attached hydrogens (tertiary/aromatic N) is 4. The third kappa shape index (κ3) is 3.69. The minimum Gasteiger partial charge on any atom is -0.477 e. The molecule has 1 saturated carbocycles. The molecule has 3 heterocycles. The average molecular weight is 458 g/mol. The smallest absolute Gasteiger partial charge is 0.416 e. The molecule has 33 heavy (non-hydrogen) atoms. The number of benzene rings is 1. The summed E-state index contributed by atoms with van der Waals surface area (Å²) in [7, 11) is 1.49. The minimum absolute atomic E-state index is 0.00668. The largest absolute Gasteiger partial charge is 0.477 e. The third-order valence-electron chi connectivity index (χ3n) is 6.47. The number of hydrogen-bond acceptors (Lipinski definition) is 6. The Morgan fingerprint density at radius 2 is 1.94 bits per heavy atom. The topological polar surface area (TPSA) is 82.7 Å². The highest BCUT2D eigenvalue weighted by molar-refractivity contribution is 6.00.